The van der Waals surface area contributed by atoms with Gasteiger partial charge in [-0.3, -0.25) is 0 Å². The molecule has 0 spiro atoms. The summed E-state index contributed by atoms with van der Waals surface area (Å²) in [6, 6.07) is 10.4. The van der Waals surface area contributed by atoms with E-state index in [9.17, 15) is 0 Å². The molecule has 0 aliphatic heterocycles. The zero-order valence-electron chi connectivity index (χ0n) is 11.4. The molecule has 0 amide bonds. The lowest BCUT2D eigenvalue weighted by atomic mass is 10.0. The number of hydrogen-bond donors (Lipinski definition) is 1. The van der Waals surface area contributed by atoms with E-state index in [0.29, 0.717) is 0 Å². The maximum absolute atomic E-state index is 6.28. The minimum atomic E-state index is 0.0723. The van der Waals surface area contributed by atoms with E-state index in [1.54, 1.807) is 11.3 Å². The highest BCUT2D eigenvalue weighted by Crippen LogP contribution is 2.24. The van der Waals surface area contributed by atoms with Crippen LogP contribution in [0.15, 0.2) is 44.7 Å². The Bertz CT molecular complexity index is 556. The largest absolute Gasteiger partial charge is 0.324 e. The molecule has 1 aromatic carbocycles. The van der Waals surface area contributed by atoms with Crippen molar-refractivity contribution in [3.05, 3.63) is 55.1 Å². The van der Waals surface area contributed by atoms with Gasteiger partial charge >= 0.3 is 0 Å². The number of nitrogens with two attached hydrogens (primary N) is 1. The van der Waals surface area contributed by atoms with Gasteiger partial charge in [-0.2, -0.15) is 0 Å². The zero-order chi connectivity index (χ0) is 14.5. The summed E-state index contributed by atoms with van der Waals surface area (Å²) in [5.41, 5.74) is 7.46. The van der Waals surface area contributed by atoms with Crippen LogP contribution in [0, 0.1) is 0 Å². The first-order valence-corrected chi connectivity index (χ1v) is 8.94. The molecule has 2 N–H and O–H groups in total. The molecule has 0 saturated carbocycles. The third-order valence-electron chi connectivity index (χ3n) is 3.17. The van der Waals surface area contributed by atoms with Gasteiger partial charge in [-0.1, -0.05) is 34.1 Å². The van der Waals surface area contributed by atoms with Gasteiger partial charge in [-0.25, -0.2) is 0 Å². The molecular formula is C15H18Br2N2S. The van der Waals surface area contributed by atoms with Gasteiger partial charge in [-0.05, 0) is 47.1 Å². The maximum Gasteiger partial charge on any atom is 0.0325 e. The molecule has 1 atom stereocenters. The molecule has 0 fully saturated rings. The van der Waals surface area contributed by atoms with Gasteiger partial charge in [0.15, 0.2) is 0 Å². The van der Waals surface area contributed by atoms with Crippen molar-refractivity contribution in [3.8, 4) is 0 Å². The van der Waals surface area contributed by atoms with Crippen molar-refractivity contribution >= 4 is 43.2 Å². The molecule has 108 valence electrons. The first kappa shape index (κ1) is 16.2. The molecule has 0 aliphatic rings. The fraction of sp³-hybridized carbons (Fsp3) is 0.333. The van der Waals surface area contributed by atoms with Crippen LogP contribution < -0.4 is 5.73 Å². The summed E-state index contributed by atoms with van der Waals surface area (Å²) in [5, 5.41) is 2.12. The molecule has 0 radical (unpaired) electrons. The van der Waals surface area contributed by atoms with Crippen LogP contribution >= 0.6 is 43.2 Å². The van der Waals surface area contributed by atoms with E-state index in [-0.39, 0.29) is 6.04 Å². The highest BCUT2D eigenvalue weighted by atomic mass is 79.9. The topological polar surface area (TPSA) is 29.3 Å². The quantitative estimate of drug-likeness (QED) is 0.731. The summed E-state index contributed by atoms with van der Waals surface area (Å²) in [5.74, 6) is 0. The van der Waals surface area contributed by atoms with E-state index in [1.807, 2.05) is 18.2 Å². The fourth-order valence-electron chi connectivity index (χ4n) is 2.07. The lowest BCUT2D eigenvalue weighted by Gasteiger charge is -2.19. The van der Waals surface area contributed by atoms with E-state index in [4.69, 9.17) is 5.73 Å². The Balaban J connectivity index is 1.84. The normalized spacial score (nSPS) is 12.8. The predicted molar refractivity (Wildman–Crippen MR) is 94.0 cm³/mol. The Morgan fingerprint density at radius 3 is 2.70 bits per heavy atom. The smallest absolute Gasteiger partial charge is 0.0325 e. The molecule has 0 aliphatic carbocycles. The maximum atomic E-state index is 6.28. The number of rotatable bonds is 6. The van der Waals surface area contributed by atoms with Gasteiger partial charge in [0.1, 0.15) is 0 Å². The van der Waals surface area contributed by atoms with Crippen LogP contribution in [0.5, 0.6) is 0 Å². The van der Waals surface area contributed by atoms with Crippen molar-refractivity contribution in [2.45, 2.75) is 19.0 Å². The van der Waals surface area contributed by atoms with E-state index < -0.39 is 0 Å². The van der Waals surface area contributed by atoms with Crippen molar-refractivity contribution in [1.29, 1.82) is 0 Å². The molecule has 2 aromatic rings. The Morgan fingerprint density at radius 2 is 2.05 bits per heavy atom. The second-order valence-electron chi connectivity index (χ2n) is 4.89. The number of hydrogen-bond acceptors (Lipinski definition) is 3. The van der Waals surface area contributed by atoms with Crippen molar-refractivity contribution in [2.75, 3.05) is 13.6 Å². The molecule has 20 heavy (non-hydrogen) atoms. The van der Waals surface area contributed by atoms with Crippen LogP contribution in [0.3, 0.4) is 0 Å². The van der Waals surface area contributed by atoms with Crippen LogP contribution in [-0.4, -0.2) is 18.5 Å². The summed E-state index contributed by atoms with van der Waals surface area (Å²) in [6.45, 7) is 1.96. The van der Waals surface area contributed by atoms with E-state index >= 15 is 0 Å². The summed E-state index contributed by atoms with van der Waals surface area (Å²) >= 11 is 8.84. The van der Waals surface area contributed by atoms with Crippen LogP contribution in [0.2, 0.25) is 0 Å². The Kier molecular flexibility index (Phi) is 6.23. The van der Waals surface area contributed by atoms with Crippen LogP contribution in [0.1, 0.15) is 22.9 Å². The highest BCUT2D eigenvalue weighted by Gasteiger charge is 2.11. The van der Waals surface area contributed by atoms with Crippen molar-refractivity contribution < 1.29 is 0 Å². The number of benzene rings is 1. The van der Waals surface area contributed by atoms with Crippen LogP contribution in [0.4, 0.5) is 0 Å². The average Bonchev–Trinajstić information content (AvgIpc) is 2.82. The van der Waals surface area contributed by atoms with Crippen molar-refractivity contribution in [1.82, 2.24) is 4.90 Å². The molecule has 5 heteroatoms. The molecule has 0 saturated heterocycles. The lowest BCUT2D eigenvalue weighted by molar-refractivity contribution is 0.314. The average molecular weight is 418 g/mol. The molecule has 1 aromatic heterocycles. The van der Waals surface area contributed by atoms with Crippen molar-refractivity contribution in [2.24, 2.45) is 5.73 Å². The van der Waals surface area contributed by atoms with Gasteiger partial charge in [-0.15, -0.1) is 11.3 Å². The van der Waals surface area contributed by atoms with E-state index in [1.165, 1.54) is 10.4 Å². The van der Waals surface area contributed by atoms with E-state index in [0.717, 1.165) is 28.5 Å². The number of nitrogens with zero attached hydrogens (tertiary/aromatic N) is 1. The van der Waals surface area contributed by atoms with Gasteiger partial charge < -0.3 is 10.6 Å². The van der Waals surface area contributed by atoms with Crippen LogP contribution in [-0.2, 0) is 6.54 Å². The Hall–Kier alpha value is -0.200. The monoisotopic (exact) mass is 416 g/mol. The summed E-state index contributed by atoms with van der Waals surface area (Å²) in [7, 11) is 2.14. The van der Waals surface area contributed by atoms with Crippen molar-refractivity contribution in [3.63, 3.8) is 0 Å². The third kappa shape index (κ3) is 4.67. The summed E-state index contributed by atoms with van der Waals surface area (Å²) in [6.07, 6.45) is 0.950. The Labute approximate surface area is 141 Å². The minimum absolute atomic E-state index is 0.0723. The summed E-state index contributed by atoms with van der Waals surface area (Å²) in [4.78, 5) is 3.68. The Morgan fingerprint density at radius 1 is 1.30 bits per heavy atom. The zero-order valence-corrected chi connectivity index (χ0v) is 15.3. The highest BCUT2D eigenvalue weighted by molar-refractivity contribution is 9.10. The van der Waals surface area contributed by atoms with Gasteiger partial charge in [0.25, 0.3) is 0 Å². The molecule has 1 heterocycles. The molecule has 2 nitrogen and oxygen atoms in total. The standard InChI is InChI=1S/C15H18Br2N2S/c1-19(9-12-8-11(16)10-20-12)7-6-15(18)13-4-2-3-5-14(13)17/h2-5,8,10,15H,6-7,9,18H2,1H3. The van der Waals surface area contributed by atoms with E-state index in [2.05, 4.69) is 61.3 Å². The van der Waals surface area contributed by atoms with Gasteiger partial charge in [0, 0.05) is 38.3 Å². The van der Waals surface area contributed by atoms with Crippen LogP contribution in [0.25, 0.3) is 0 Å². The van der Waals surface area contributed by atoms with Gasteiger partial charge in [0.05, 0.1) is 0 Å². The number of thiophene rings is 1. The first-order valence-electron chi connectivity index (χ1n) is 6.47. The molecular weight excluding hydrogens is 400 g/mol. The SMILES string of the molecule is CN(CCC(N)c1ccccc1Br)Cc1cc(Br)cs1. The molecule has 1 unspecified atom stereocenters. The fourth-order valence-corrected chi connectivity index (χ4v) is 4.18. The molecule has 0 bridgehead atoms. The molecule has 2 rings (SSSR count). The number of halogens is 2. The minimum Gasteiger partial charge on any atom is -0.324 e. The second kappa shape index (κ2) is 7.71. The first-order chi connectivity index (χ1) is 9.56. The summed E-state index contributed by atoms with van der Waals surface area (Å²) < 4.78 is 2.26. The lowest BCUT2D eigenvalue weighted by Crippen LogP contribution is -2.23. The third-order valence-corrected chi connectivity index (χ3v) is 5.58. The predicted octanol–water partition coefficient (Wildman–Crippen LogP) is 4.80. The van der Waals surface area contributed by atoms with Gasteiger partial charge in [0.2, 0.25) is 0 Å². The second-order valence-corrected chi connectivity index (χ2v) is 7.65.